The molecule has 5 nitrogen and oxygen atoms in total. The molecule has 1 aromatic heterocycles. The maximum atomic E-state index is 12.4. The van der Waals surface area contributed by atoms with E-state index in [0.717, 1.165) is 43.3 Å². The Morgan fingerprint density at radius 2 is 1.72 bits per heavy atom. The van der Waals surface area contributed by atoms with E-state index in [2.05, 4.69) is 45.1 Å². The third-order valence-corrected chi connectivity index (χ3v) is 4.59. The van der Waals surface area contributed by atoms with Crippen LogP contribution in [0, 0.1) is 13.8 Å². The third-order valence-electron chi connectivity index (χ3n) is 4.59. The van der Waals surface area contributed by atoms with Crippen molar-refractivity contribution < 1.29 is 14.5 Å². The van der Waals surface area contributed by atoms with Crippen LogP contribution in [0.1, 0.15) is 28.7 Å². The number of H-pyrrole nitrogens is 1. The van der Waals surface area contributed by atoms with E-state index in [0.29, 0.717) is 12.2 Å². The number of para-hydroxylation sites is 1. The van der Waals surface area contributed by atoms with E-state index >= 15 is 0 Å². The third kappa shape index (κ3) is 3.76. The van der Waals surface area contributed by atoms with Gasteiger partial charge in [0.1, 0.15) is 5.56 Å². The minimum atomic E-state index is -0.253. The van der Waals surface area contributed by atoms with Crippen LogP contribution in [0.3, 0.4) is 0 Å². The van der Waals surface area contributed by atoms with Gasteiger partial charge in [-0.2, -0.15) is 0 Å². The molecule has 132 valence electrons. The van der Waals surface area contributed by atoms with Gasteiger partial charge in [0, 0.05) is 51.8 Å². The van der Waals surface area contributed by atoms with E-state index in [-0.39, 0.29) is 5.97 Å². The van der Waals surface area contributed by atoms with Crippen molar-refractivity contribution in [3.8, 4) is 0 Å². The Balaban J connectivity index is 1.82. The van der Waals surface area contributed by atoms with Gasteiger partial charge in [-0.1, -0.05) is 18.2 Å². The molecule has 0 atom stereocenters. The Morgan fingerprint density at radius 3 is 2.36 bits per heavy atom. The molecule has 0 spiro atoms. The van der Waals surface area contributed by atoms with Crippen LogP contribution in [0.5, 0.6) is 0 Å². The summed E-state index contributed by atoms with van der Waals surface area (Å²) in [5, 5.41) is 0. The van der Waals surface area contributed by atoms with E-state index in [4.69, 9.17) is 4.74 Å². The van der Waals surface area contributed by atoms with Crippen LogP contribution in [-0.2, 0) is 4.74 Å². The maximum absolute atomic E-state index is 12.4. The van der Waals surface area contributed by atoms with Gasteiger partial charge in [-0.3, -0.25) is 0 Å². The first kappa shape index (κ1) is 17.3. The fraction of sp³-hybridized carbons (Fsp3) is 0.400. The average Bonchev–Trinajstić information content (AvgIpc) is 2.62. The summed E-state index contributed by atoms with van der Waals surface area (Å²) < 4.78 is 5.27. The number of carbonyl (C=O) groups is 1. The summed E-state index contributed by atoms with van der Waals surface area (Å²) in [6, 6.07) is 12.5. The molecule has 3 rings (SSSR count). The van der Waals surface area contributed by atoms with Gasteiger partial charge in [0.2, 0.25) is 0 Å². The zero-order valence-electron chi connectivity index (χ0n) is 15.2. The number of piperazine rings is 1. The summed E-state index contributed by atoms with van der Waals surface area (Å²) in [5.74, 6) is -0.253. The number of aromatic amines is 1. The second-order valence-corrected chi connectivity index (χ2v) is 6.37. The summed E-state index contributed by atoms with van der Waals surface area (Å²) in [7, 11) is 0. The number of pyridine rings is 1. The topological polar surface area (TPSA) is 46.9 Å². The van der Waals surface area contributed by atoms with Gasteiger partial charge in [-0.25, -0.2) is 9.78 Å². The molecule has 1 aliphatic heterocycles. The Hall–Kier alpha value is -2.56. The van der Waals surface area contributed by atoms with Crippen LogP contribution in [0.4, 0.5) is 11.4 Å². The molecular formula is C20H26N3O2+. The number of aromatic nitrogens is 1. The molecule has 1 fully saturated rings. The number of ether oxygens (including phenoxy) is 1. The van der Waals surface area contributed by atoms with Gasteiger partial charge in [0.25, 0.3) is 0 Å². The number of hydrogen-bond acceptors (Lipinski definition) is 4. The number of aryl methyl sites for hydroxylation is 2. The molecule has 0 saturated carbocycles. The number of rotatable bonds is 4. The van der Waals surface area contributed by atoms with Crippen molar-refractivity contribution in [3.63, 3.8) is 0 Å². The van der Waals surface area contributed by atoms with Crippen molar-refractivity contribution in [3.05, 3.63) is 53.3 Å². The first-order chi connectivity index (χ1) is 12.1. The molecule has 5 heteroatoms. The lowest BCUT2D eigenvalue weighted by Crippen LogP contribution is -2.47. The van der Waals surface area contributed by atoms with E-state index in [1.54, 1.807) is 0 Å². The largest absolute Gasteiger partial charge is 0.462 e. The van der Waals surface area contributed by atoms with Gasteiger partial charge in [-0.05, 0) is 19.1 Å². The molecule has 0 unspecified atom stereocenters. The van der Waals surface area contributed by atoms with Gasteiger partial charge in [-0.15, -0.1) is 0 Å². The SMILES string of the molecule is CCOC(=O)c1c(N2CCN(c3ccccc3)CC2)cc(C)[nH+]c1C. The van der Waals surface area contributed by atoms with Crippen LogP contribution in [0.2, 0.25) is 0 Å². The minimum absolute atomic E-state index is 0.253. The maximum Gasteiger partial charge on any atom is 0.346 e. The van der Waals surface area contributed by atoms with Gasteiger partial charge in [0.05, 0.1) is 12.3 Å². The Kier molecular flexibility index (Phi) is 5.22. The van der Waals surface area contributed by atoms with Gasteiger partial charge >= 0.3 is 5.97 Å². The molecule has 25 heavy (non-hydrogen) atoms. The van der Waals surface area contributed by atoms with Crippen LogP contribution in [0.25, 0.3) is 0 Å². The average molecular weight is 340 g/mol. The predicted octanol–water partition coefficient (Wildman–Crippen LogP) is 2.62. The number of carbonyl (C=O) groups excluding carboxylic acids is 1. The number of esters is 1. The molecule has 2 heterocycles. The van der Waals surface area contributed by atoms with Crippen LogP contribution < -0.4 is 14.8 Å². The number of benzene rings is 1. The summed E-state index contributed by atoms with van der Waals surface area (Å²) in [6.45, 7) is 9.80. The van der Waals surface area contributed by atoms with E-state index < -0.39 is 0 Å². The van der Waals surface area contributed by atoms with E-state index in [1.807, 2.05) is 26.8 Å². The number of hydrogen-bond donors (Lipinski definition) is 0. The van der Waals surface area contributed by atoms with Crippen molar-refractivity contribution in [1.82, 2.24) is 0 Å². The zero-order valence-corrected chi connectivity index (χ0v) is 15.2. The predicted molar refractivity (Wildman–Crippen MR) is 99.3 cm³/mol. The molecule has 0 amide bonds. The molecule has 2 aromatic rings. The first-order valence-electron chi connectivity index (χ1n) is 8.85. The Morgan fingerprint density at radius 1 is 1.08 bits per heavy atom. The fourth-order valence-corrected chi connectivity index (χ4v) is 3.42. The molecular weight excluding hydrogens is 314 g/mol. The molecule has 1 N–H and O–H groups in total. The van der Waals surface area contributed by atoms with E-state index in [9.17, 15) is 4.79 Å². The quantitative estimate of drug-likeness (QED) is 0.803. The highest BCUT2D eigenvalue weighted by molar-refractivity contribution is 5.96. The normalized spacial score (nSPS) is 14.5. The zero-order chi connectivity index (χ0) is 17.8. The van der Waals surface area contributed by atoms with Gasteiger partial charge in [0.15, 0.2) is 11.4 Å². The highest BCUT2D eigenvalue weighted by Gasteiger charge is 2.27. The fourth-order valence-electron chi connectivity index (χ4n) is 3.42. The van der Waals surface area contributed by atoms with Crippen molar-refractivity contribution in [2.24, 2.45) is 0 Å². The lowest BCUT2D eigenvalue weighted by Gasteiger charge is -2.37. The molecule has 0 radical (unpaired) electrons. The Bertz CT molecular complexity index is 738. The number of nitrogens with one attached hydrogen (secondary N) is 1. The van der Waals surface area contributed by atoms with Crippen molar-refractivity contribution in [1.29, 1.82) is 0 Å². The van der Waals surface area contributed by atoms with Gasteiger partial charge < -0.3 is 14.5 Å². The molecule has 1 saturated heterocycles. The second kappa shape index (κ2) is 7.55. The summed E-state index contributed by atoms with van der Waals surface area (Å²) >= 11 is 0. The van der Waals surface area contributed by atoms with Crippen LogP contribution in [0.15, 0.2) is 36.4 Å². The monoisotopic (exact) mass is 340 g/mol. The lowest BCUT2D eigenvalue weighted by molar-refractivity contribution is -0.396. The highest BCUT2D eigenvalue weighted by Crippen LogP contribution is 2.26. The molecule has 0 bridgehead atoms. The highest BCUT2D eigenvalue weighted by atomic mass is 16.5. The van der Waals surface area contributed by atoms with Crippen molar-refractivity contribution in [2.75, 3.05) is 42.6 Å². The number of anilines is 2. The molecule has 1 aliphatic rings. The lowest BCUT2D eigenvalue weighted by atomic mass is 10.1. The first-order valence-corrected chi connectivity index (χ1v) is 8.85. The van der Waals surface area contributed by atoms with Crippen molar-refractivity contribution >= 4 is 17.3 Å². The Labute approximate surface area is 149 Å². The van der Waals surface area contributed by atoms with E-state index in [1.165, 1.54) is 5.69 Å². The standard InChI is InChI=1S/C20H25N3O2/c1-4-25-20(24)19-16(3)21-15(2)14-18(19)23-12-10-22(11-13-23)17-8-6-5-7-9-17/h5-9,14H,4,10-13H2,1-3H3/p+1. The van der Waals surface area contributed by atoms with Crippen LogP contribution >= 0.6 is 0 Å². The van der Waals surface area contributed by atoms with Crippen LogP contribution in [-0.4, -0.2) is 38.8 Å². The summed E-state index contributed by atoms with van der Waals surface area (Å²) in [4.78, 5) is 20.4. The smallest absolute Gasteiger partial charge is 0.346 e. The summed E-state index contributed by atoms with van der Waals surface area (Å²) in [6.07, 6.45) is 0. The second-order valence-electron chi connectivity index (χ2n) is 6.37. The number of nitrogens with zero attached hydrogens (tertiary/aromatic N) is 2. The molecule has 1 aromatic carbocycles. The molecule has 0 aliphatic carbocycles. The minimum Gasteiger partial charge on any atom is -0.462 e. The summed E-state index contributed by atoms with van der Waals surface area (Å²) in [5.41, 5.74) is 4.78. The van der Waals surface area contributed by atoms with Crippen molar-refractivity contribution in [2.45, 2.75) is 20.8 Å².